The van der Waals surface area contributed by atoms with Gasteiger partial charge in [0.1, 0.15) is 12.4 Å². The predicted molar refractivity (Wildman–Crippen MR) is 66.1 cm³/mol. The molecule has 0 unspecified atom stereocenters. The van der Waals surface area contributed by atoms with Gasteiger partial charge in [-0.1, -0.05) is 0 Å². The molecule has 9 heteroatoms. The van der Waals surface area contributed by atoms with Crippen LogP contribution in [0, 0.1) is 0 Å². The molecular formula is C9H16N4O4S. The van der Waals surface area contributed by atoms with Crippen LogP contribution in [0.4, 0.5) is 11.6 Å². The lowest BCUT2D eigenvalue weighted by Crippen LogP contribution is -2.14. The first kappa shape index (κ1) is 14.3. The molecule has 0 amide bonds. The number of nitrogen functional groups attached to an aromatic ring is 1. The molecule has 0 aliphatic heterocycles. The summed E-state index contributed by atoms with van der Waals surface area (Å²) in [5.74, 6) is -1.25. The molecule has 1 heterocycles. The fourth-order valence-corrected chi connectivity index (χ4v) is 2.38. The number of nitrogens with one attached hydrogen (secondary N) is 1. The van der Waals surface area contributed by atoms with Crippen molar-refractivity contribution in [2.45, 2.75) is 31.3 Å². The SMILES string of the molecule is CC(C)Nc1nn(CC(=O)O)c(N)c1S(C)(=O)=O. The number of aliphatic carboxylic acids is 1. The number of nitrogens with zero attached hydrogens (tertiary/aromatic N) is 2. The summed E-state index contributed by atoms with van der Waals surface area (Å²) in [5, 5.41) is 15.4. The van der Waals surface area contributed by atoms with Crippen LogP contribution in [0.2, 0.25) is 0 Å². The van der Waals surface area contributed by atoms with Crippen LogP contribution in [-0.2, 0) is 21.2 Å². The number of aromatic nitrogens is 2. The lowest BCUT2D eigenvalue weighted by atomic mass is 10.4. The van der Waals surface area contributed by atoms with Crippen LogP contribution in [-0.4, -0.2) is 41.6 Å². The molecule has 0 atom stereocenters. The summed E-state index contributed by atoms with van der Waals surface area (Å²) < 4.78 is 24.2. The number of sulfone groups is 1. The van der Waals surface area contributed by atoms with E-state index in [4.69, 9.17) is 10.8 Å². The van der Waals surface area contributed by atoms with Crippen molar-refractivity contribution in [2.24, 2.45) is 0 Å². The number of carboxylic acid groups (broad SMARTS) is 1. The van der Waals surface area contributed by atoms with Crippen LogP contribution in [0.25, 0.3) is 0 Å². The normalized spacial score (nSPS) is 11.8. The molecule has 0 aliphatic carbocycles. The third-order valence-electron chi connectivity index (χ3n) is 2.03. The largest absolute Gasteiger partial charge is 0.480 e. The molecule has 4 N–H and O–H groups in total. The van der Waals surface area contributed by atoms with E-state index in [1.54, 1.807) is 13.8 Å². The topological polar surface area (TPSA) is 127 Å². The third-order valence-corrected chi connectivity index (χ3v) is 3.17. The summed E-state index contributed by atoms with van der Waals surface area (Å²) in [6.45, 7) is 3.12. The van der Waals surface area contributed by atoms with Crippen molar-refractivity contribution in [1.29, 1.82) is 0 Å². The molecule has 0 bridgehead atoms. The van der Waals surface area contributed by atoms with Crippen molar-refractivity contribution < 1.29 is 18.3 Å². The quantitative estimate of drug-likeness (QED) is 0.678. The third kappa shape index (κ3) is 3.13. The molecule has 0 spiro atoms. The summed E-state index contributed by atoms with van der Waals surface area (Å²) in [6, 6.07) is -0.0573. The zero-order valence-corrected chi connectivity index (χ0v) is 11.2. The second-order valence-electron chi connectivity index (χ2n) is 4.19. The van der Waals surface area contributed by atoms with Crippen molar-refractivity contribution in [2.75, 3.05) is 17.3 Å². The van der Waals surface area contributed by atoms with Crippen LogP contribution in [0.1, 0.15) is 13.8 Å². The van der Waals surface area contributed by atoms with E-state index >= 15 is 0 Å². The molecule has 0 saturated carbocycles. The van der Waals surface area contributed by atoms with Gasteiger partial charge in [-0.25, -0.2) is 13.1 Å². The Kier molecular flexibility index (Phi) is 3.85. The van der Waals surface area contributed by atoms with Gasteiger partial charge >= 0.3 is 5.97 Å². The molecule has 8 nitrogen and oxygen atoms in total. The number of rotatable bonds is 5. The highest BCUT2D eigenvalue weighted by Crippen LogP contribution is 2.27. The minimum absolute atomic E-state index is 0.0573. The first-order chi connectivity index (χ1) is 8.12. The minimum atomic E-state index is -3.59. The average Bonchev–Trinajstić information content (AvgIpc) is 2.39. The van der Waals surface area contributed by atoms with Gasteiger partial charge in [-0.3, -0.25) is 4.79 Å². The summed E-state index contributed by atoms with van der Waals surface area (Å²) in [6.07, 6.45) is 0.997. The number of hydrogen-bond donors (Lipinski definition) is 3. The summed E-state index contributed by atoms with van der Waals surface area (Å²) >= 11 is 0. The summed E-state index contributed by atoms with van der Waals surface area (Å²) in [7, 11) is -3.59. The molecule has 0 aromatic carbocycles. The molecule has 1 aromatic heterocycles. The highest BCUT2D eigenvalue weighted by molar-refractivity contribution is 7.91. The summed E-state index contributed by atoms with van der Waals surface area (Å²) in [5.41, 5.74) is 5.63. The molecular weight excluding hydrogens is 260 g/mol. The van der Waals surface area contributed by atoms with Gasteiger partial charge in [-0.2, -0.15) is 5.10 Å². The monoisotopic (exact) mass is 276 g/mol. The molecule has 0 aliphatic rings. The van der Waals surface area contributed by atoms with E-state index in [0.717, 1.165) is 10.9 Å². The van der Waals surface area contributed by atoms with E-state index in [2.05, 4.69) is 10.4 Å². The number of carbonyl (C=O) groups is 1. The van der Waals surface area contributed by atoms with Crippen LogP contribution < -0.4 is 11.1 Å². The molecule has 0 radical (unpaired) electrons. The van der Waals surface area contributed by atoms with Crippen molar-refractivity contribution in [3.63, 3.8) is 0 Å². The first-order valence-electron chi connectivity index (χ1n) is 5.17. The number of anilines is 2. The summed E-state index contributed by atoms with van der Waals surface area (Å²) in [4.78, 5) is 10.5. The second-order valence-corrected chi connectivity index (χ2v) is 6.14. The Labute approximate surface area is 105 Å². The molecule has 1 aromatic rings. The fraction of sp³-hybridized carbons (Fsp3) is 0.556. The van der Waals surface area contributed by atoms with E-state index in [0.29, 0.717) is 0 Å². The number of hydrogen-bond acceptors (Lipinski definition) is 6. The molecule has 102 valence electrons. The Morgan fingerprint density at radius 2 is 2.11 bits per heavy atom. The van der Waals surface area contributed by atoms with E-state index in [1.165, 1.54) is 0 Å². The maximum atomic E-state index is 11.6. The van der Waals surface area contributed by atoms with Crippen LogP contribution >= 0.6 is 0 Å². The highest BCUT2D eigenvalue weighted by Gasteiger charge is 2.25. The molecule has 1 rings (SSSR count). The van der Waals surface area contributed by atoms with Crippen LogP contribution in [0.15, 0.2) is 4.90 Å². The number of carboxylic acids is 1. The maximum absolute atomic E-state index is 11.6. The molecule has 0 fully saturated rings. The van der Waals surface area contributed by atoms with E-state index in [9.17, 15) is 13.2 Å². The standard InChI is InChI=1S/C9H16N4O4S/c1-5(2)11-9-7(18(3,16)17)8(10)13(12-9)4-6(14)15/h5H,4,10H2,1-3H3,(H,11,12)(H,14,15). The van der Waals surface area contributed by atoms with Crippen LogP contribution in [0.5, 0.6) is 0 Å². The highest BCUT2D eigenvalue weighted by atomic mass is 32.2. The lowest BCUT2D eigenvalue weighted by molar-refractivity contribution is -0.137. The van der Waals surface area contributed by atoms with Crippen LogP contribution in [0.3, 0.4) is 0 Å². The number of nitrogens with two attached hydrogens (primary N) is 1. The predicted octanol–water partition coefficient (Wildman–Crippen LogP) is -0.226. The van der Waals surface area contributed by atoms with E-state index < -0.39 is 22.4 Å². The van der Waals surface area contributed by atoms with Gasteiger partial charge in [-0.05, 0) is 13.8 Å². The van der Waals surface area contributed by atoms with Gasteiger partial charge in [0.2, 0.25) is 0 Å². The average molecular weight is 276 g/mol. The Morgan fingerprint density at radius 3 is 2.50 bits per heavy atom. The second kappa shape index (κ2) is 4.84. The van der Waals surface area contributed by atoms with Gasteiger partial charge in [0.05, 0.1) is 0 Å². The lowest BCUT2D eigenvalue weighted by Gasteiger charge is -2.07. The zero-order chi connectivity index (χ0) is 14.1. The van der Waals surface area contributed by atoms with Gasteiger partial charge in [0.25, 0.3) is 0 Å². The van der Waals surface area contributed by atoms with E-state index in [1.807, 2.05) is 0 Å². The Morgan fingerprint density at radius 1 is 1.56 bits per heavy atom. The van der Waals surface area contributed by atoms with E-state index in [-0.39, 0.29) is 22.6 Å². The van der Waals surface area contributed by atoms with Gasteiger partial charge < -0.3 is 16.2 Å². The smallest absolute Gasteiger partial charge is 0.325 e. The van der Waals surface area contributed by atoms with Gasteiger partial charge in [-0.15, -0.1) is 0 Å². The van der Waals surface area contributed by atoms with Gasteiger partial charge in [0.15, 0.2) is 20.6 Å². The minimum Gasteiger partial charge on any atom is -0.480 e. The Hall–Kier alpha value is -1.77. The fourth-order valence-electron chi connectivity index (χ4n) is 1.44. The Balaban J connectivity index is 3.36. The Bertz CT molecular complexity index is 561. The van der Waals surface area contributed by atoms with Crippen molar-refractivity contribution >= 4 is 27.4 Å². The van der Waals surface area contributed by atoms with Crippen molar-refractivity contribution in [3.8, 4) is 0 Å². The van der Waals surface area contributed by atoms with Crippen molar-refractivity contribution in [1.82, 2.24) is 9.78 Å². The molecule has 18 heavy (non-hydrogen) atoms. The zero-order valence-electron chi connectivity index (χ0n) is 10.3. The molecule has 0 saturated heterocycles. The van der Waals surface area contributed by atoms with Crippen molar-refractivity contribution in [3.05, 3.63) is 0 Å². The first-order valence-corrected chi connectivity index (χ1v) is 7.06. The van der Waals surface area contributed by atoms with Gasteiger partial charge in [0, 0.05) is 12.3 Å². The maximum Gasteiger partial charge on any atom is 0.325 e.